The van der Waals surface area contributed by atoms with Crippen LogP contribution in [0.1, 0.15) is 54.4 Å². The van der Waals surface area contributed by atoms with E-state index in [9.17, 15) is 15.3 Å². The van der Waals surface area contributed by atoms with Crippen LogP contribution in [-0.2, 0) is 14.2 Å². The number of nitrogens with one attached hydrogen (secondary N) is 2. The molecule has 5 N–H and O–H groups in total. The average molecular weight is 478 g/mol. The van der Waals surface area contributed by atoms with Gasteiger partial charge in [0.15, 0.2) is 0 Å². The molecule has 0 aromatic heterocycles. The third kappa shape index (κ3) is 13.3. The number of hydrogen-bond donors (Lipinski definition) is 5. The zero-order chi connectivity index (χ0) is 24.9. The molecule has 0 amide bonds. The number of aliphatic hydroxyl groups excluding tert-OH is 3. The van der Waals surface area contributed by atoms with Crippen LogP contribution in [0.3, 0.4) is 0 Å². The summed E-state index contributed by atoms with van der Waals surface area (Å²) < 4.78 is 17.0. The van der Waals surface area contributed by atoms with Crippen LogP contribution in [0.15, 0.2) is 0 Å². The molecule has 3 atom stereocenters. The lowest BCUT2D eigenvalue weighted by molar-refractivity contribution is -0.0760. The molecule has 0 aromatic carbocycles. The van der Waals surface area contributed by atoms with Gasteiger partial charge in [-0.3, -0.25) is 4.90 Å². The number of hydrogen-bond acceptors (Lipinski definition) is 9. The SMILES string of the molecule is CC(C)OCC(O)CN1CCNCCNCC1(CC(O)COC(C)C)CC(O)COC(C)C. The molecule has 33 heavy (non-hydrogen) atoms. The zero-order valence-electron chi connectivity index (χ0n) is 21.8. The largest absolute Gasteiger partial charge is 0.391 e. The molecule has 0 bridgehead atoms. The maximum Gasteiger partial charge on any atom is 0.0900 e. The number of aliphatic hydroxyl groups is 3. The number of β-amino-alcohol motifs (C(OH)–C–C–N with tert-alkyl or cyclic N) is 1. The highest BCUT2D eigenvalue weighted by Gasteiger charge is 2.41. The van der Waals surface area contributed by atoms with Gasteiger partial charge in [0.05, 0.1) is 56.4 Å². The lowest BCUT2D eigenvalue weighted by atomic mass is 9.83. The van der Waals surface area contributed by atoms with E-state index >= 15 is 0 Å². The normalized spacial score (nSPS) is 24.0. The minimum absolute atomic E-state index is 0.0228. The van der Waals surface area contributed by atoms with Crippen molar-refractivity contribution in [2.75, 3.05) is 59.1 Å². The average Bonchev–Trinajstić information content (AvgIpc) is 2.81. The molecule has 1 aliphatic heterocycles. The number of rotatable bonds is 15. The lowest BCUT2D eigenvalue weighted by Crippen LogP contribution is -2.61. The molecule has 0 radical (unpaired) electrons. The second-order valence-electron chi connectivity index (χ2n) is 10.1. The van der Waals surface area contributed by atoms with Gasteiger partial charge in [-0.15, -0.1) is 0 Å². The van der Waals surface area contributed by atoms with E-state index in [-0.39, 0.29) is 38.1 Å². The van der Waals surface area contributed by atoms with Crippen molar-refractivity contribution in [1.29, 1.82) is 0 Å². The van der Waals surface area contributed by atoms with E-state index in [1.54, 1.807) is 0 Å². The quantitative estimate of drug-likeness (QED) is 0.228. The predicted octanol–water partition coefficient (Wildman–Crippen LogP) is 0.358. The highest BCUT2D eigenvalue weighted by atomic mass is 16.5. The monoisotopic (exact) mass is 477 g/mol. The highest BCUT2D eigenvalue weighted by molar-refractivity contribution is 4.98. The fraction of sp³-hybridized carbons (Fsp3) is 1.00. The summed E-state index contributed by atoms with van der Waals surface area (Å²) in [4.78, 5) is 2.20. The van der Waals surface area contributed by atoms with E-state index in [0.29, 0.717) is 32.5 Å². The molecule has 1 rings (SSSR count). The highest BCUT2D eigenvalue weighted by Crippen LogP contribution is 2.29. The molecule has 0 saturated carbocycles. The predicted molar refractivity (Wildman–Crippen MR) is 131 cm³/mol. The van der Waals surface area contributed by atoms with Gasteiger partial charge in [-0.25, -0.2) is 0 Å². The zero-order valence-corrected chi connectivity index (χ0v) is 21.8. The van der Waals surface area contributed by atoms with Crippen molar-refractivity contribution >= 4 is 0 Å². The third-order valence-electron chi connectivity index (χ3n) is 5.69. The summed E-state index contributed by atoms with van der Waals surface area (Å²) in [6.45, 7) is 16.4. The van der Waals surface area contributed by atoms with Crippen LogP contribution in [0, 0.1) is 0 Å². The molecule has 0 spiro atoms. The molecule has 3 unspecified atom stereocenters. The van der Waals surface area contributed by atoms with Gasteiger partial charge in [0, 0.05) is 44.8 Å². The van der Waals surface area contributed by atoms with E-state index in [0.717, 1.165) is 19.6 Å². The molecule has 0 aromatic rings. The Hall–Kier alpha value is -0.360. The molecule has 1 fully saturated rings. The Morgan fingerprint density at radius 2 is 1.15 bits per heavy atom. The standard InChI is InChI=1S/C24H51N3O6/c1-18(2)31-14-21(28)11-24(12-22(29)15-32-19(3)4)17-26-8-7-25-9-10-27(24)13-23(30)16-33-20(5)6/h18-23,25-26,28-30H,7-17H2,1-6H3. The lowest BCUT2D eigenvalue weighted by Gasteiger charge is -2.47. The smallest absolute Gasteiger partial charge is 0.0900 e. The Labute approximate surface area is 201 Å². The fourth-order valence-electron chi connectivity index (χ4n) is 4.17. The Morgan fingerprint density at radius 1 is 0.697 bits per heavy atom. The second kappa shape index (κ2) is 16.3. The van der Waals surface area contributed by atoms with Crippen LogP contribution in [0.5, 0.6) is 0 Å². The van der Waals surface area contributed by atoms with E-state index in [1.165, 1.54) is 0 Å². The van der Waals surface area contributed by atoms with E-state index < -0.39 is 23.9 Å². The van der Waals surface area contributed by atoms with Gasteiger partial charge in [-0.1, -0.05) is 0 Å². The third-order valence-corrected chi connectivity index (χ3v) is 5.69. The molecule has 9 heteroatoms. The van der Waals surface area contributed by atoms with Crippen molar-refractivity contribution in [2.24, 2.45) is 0 Å². The van der Waals surface area contributed by atoms with Gasteiger partial charge in [0.1, 0.15) is 0 Å². The molecule has 1 aliphatic rings. The molecule has 1 heterocycles. The van der Waals surface area contributed by atoms with Crippen LogP contribution in [-0.4, -0.2) is 121 Å². The van der Waals surface area contributed by atoms with E-state index in [2.05, 4.69) is 15.5 Å². The fourth-order valence-corrected chi connectivity index (χ4v) is 4.17. The summed E-state index contributed by atoms with van der Waals surface area (Å²) in [5.41, 5.74) is -0.593. The molecular weight excluding hydrogens is 426 g/mol. The van der Waals surface area contributed by atoms with Crippen molar-refractivity contribution < 1.29 is 29.5 Å². The summed E-state index contributed by atoms with van der Waals surface area (Å²) in [6.07, 6.45) is -1.19. The topological polar surface area (TPSA) is 116 Å². The van der Waals surface area contributed by atoms with Crippen LogP contribution < -0.4 is 10.6 Å². The van der Waals surface area contributed by atoms with Crippen molar-refractivity contribution in [3.05, 3.63) is 0 Å². The molecule has 1 saturated heterocycles. The maximum atomic E-state index is 10.9. The molecule has 9 nitrogen and oxygen atoms in total. The van der Waals surface area contributed by atoms with Gasteiger partial charge in [0.25, 0.3) is 0 Å². The van der Waals surface area contributed by atoms with Crippen LogP contribution in [0.4, 0.5) is 0 Å². The Kier molecular flexibility index (Phi) is 15.2. The van der Waals surface area contributed by atoms with Crippen LogP contribution >= 0.6 is 0 Å². The van der Waals surface area contributed by atoms with Crippen molar-refractivity contribution in [2.45, 2.75) is 96.5 Å². The van der Waals surface area contributed by atoms with Gasteiger partial charge in [0.2, 0.25) is 0 Å². The second-order valence-corrected chi connectivity index (χ2v) is 10.1. The van der Waals surface area contributed by atoms with Gasteiger partial charge in [-0.2, -0.15) is 0 Å². The molecule has 0 aliphatic carbocycles. The van der Waals surface area contributed by atoms with Crippen molar-refractivity contribution in [3.63, 3.8) is 0 Å². The first kappa shape index (κ1) is 30.7. The molecular formula is C24H51N3O6. The maximum absolute atomic E-state index is 10.9. The number of ether oxygens (including phenoxy) is 3. The Bertz CT molecular complexity index is 475. The first-order valence-corrected chi connectivity index (χ1v) is 12.6. The first-order valence-electron chi connectivity index (χ1n) is 12.6. The molecule has 198 valence electrons. The Balaban J connectivity index is 3.13. The first-order chi connectivity index (χ1) is 15.5. The van der Waals surface area contributed by atoms with Gasteiger partial charge in [-0.05, 0) is 54.4 Å². The van der Waals surface area contributed by atoms with E-state index in [4.69, 9.17) is 14.2 Å². The summed E-state index contributed by atoms with van der Waals surface area (Å²) >= 11 is 0. The van der Waals surface area contributed by atoms with Crippen LogP contribution in [0.2, 0.25) is 0 Å². The van der Waals surface area contributed by atoms with Crippen molar-refractivity contribution in [3.8, 4) is 0 Å². The summed E-state index contributed by atoms with van der Waals surface area (Å²) in [5, 5.41) is 39.5. The summed E-state index contributed by atoms with van der Waals surface area (Å²) in [5.74, 6) is 0. The van der Waals surface area contributed by atoms with Gasteiger partial charge < -0.3 is 40.2 Å². The minimum Gasteiger partial charge on any atom is -0.391 e. The Morgan fingerprint density at radius 3 is 1.64 bits per heavy atom. The van der Waals surface area contributed by atoms with Crippen LogP contribution in [0.25, 0.3) is 0 Å². The van der Waals surface area contributed by atoms with Gasteiger partial charge >= 0.3 is 0 Å². The van der Waals surface area contributed by atoms with Crippen molar-refractivity contribution in [1.82, 2.24) is 15.5 Å². The summed E-state index contributed by atoms with van der Waals surface area (Å²) in [6, 6.07) is 0. The minimum atomic E-state index is -0.701. The number of nitrogens with zero attached hydrogens (tertiary/aromatic N) is 1. The van der Waals surface area contributed by atoms with E-state index in [1.807, 2.05) is 41.5 Å². The summed E-state index contributed by atoms with van der Waals surface area (Å²) in [7, 11) is 0.